The summed E-state index contributed by atoms with van der Waals surface area (Å²) >= 11 is 1.21. The van der Waals surface area contributed by atoms with Crippen molar-refractivity contribution in [3.8, 4) is 0 Å². The molecule has 0 saturated heterocycles. The Bertz CT molecular complexity index is 711. The van der Waals surface area contributed by atoms with Crippen LogP contribution in [-0.2, 0) is 29.2 Å². The van der Waals surface area contributed by atoms with Gasteiger partial charge in [0, 0.05) is 10.9 Å². The quantitative estimate of drug-likeness (QED) is 0.902. The Hall–Kier alpha value is -2.25. The summed E-state index contributed by atoms with van der Waals surface area (Å²) in [5, 5.41) is 13.4. The molecule has 3 rings (SSSR count). The van der Waals surface area contributed by atoms with Crippen molar-refractivity contribution >= 4 is 28.3 Å². The van der Waals surface area contributed by atoms with Gasteiger partial charge in [0.15, 0.2) is 5.13 Å². The fourth-order valence-electron chi connectivity index (χ4n) is 2.08. The van der Waals surface area contributed by atoms with Crippen LogP contribution in [-0.4, -0.2) is 22.0 Å². The number of ether oxygens (including phenoxy) is 1. The van der Waals surface area contributed by atoms with Gasteiger partial charge < -0.3 is 9.84 Å². The maximum absolute atomic E-state index is 12.1. The number of nitrogens with one attached hydrogen (secondary N) is 1. The van der Waals surface area contributed by atoms with Crippen LogP contribution in [0.1, 0.15) is 27.2 Å². The number of anilines is 1. The van der Waals surface area contributed by atoms with Gasteiger partial charge in [0.2, 0.25) is 0 Å². The van der Waals surface area contributed by atoms with Crippen molar-refractivity contribution < 1.29 is 19.4 Å². The number of carbonyl (C=O) groups is 2. The van der Waals surface area contributed by atoms with E-state index in [-0.39, 0.29) is 12.3 Å². The molecule has 0 radical (unpaired) electrons. The number of amides is 1. The Labute approximate surface area is 124 Å². The zero-order valence-corrected chi connectivity index (χ0v) is 11.8. The summed E-state index contributed by atoms with van der Waals surface area (Å²) in [4.78, 5) is 26.8. The van der Waals surface area contributed by atoms with E-state index in [9.17, 15) is 9.59 Å². The molecule has 2 aromatic rings. The molecule has 0 unspecified atom stereocenters. The molecule has 6 nitrogen and oxygen atoms in total. The van der Waals surface area contributed by atoms with Gasteiger partial charge in [-0.1, -0.05) is 6.07 Å². The highest BCUT2D eigenvalue weighted by Crippen LogP contribution is 2.22. The second-order valence-electron chi connectivity index (χ2n) is 4.64. The molecular weight excluding hydrogens is 292 g/mol. The molecule has 0 spiro atoms. The number of carboxylic acid groups (broad SMARTS) is 1. The Morgan fingerprint density at radius 2 is 2.14 bits per heavy atom. The predicted molar refractivity (Wildman–Crippen MR) is 76.3 cm³/mol. The summed E-state index contributed by atoms with van der Waals surface area (Å²) < 4.78 is 5.31. The van der Waals surface area contributed by atoms with Gasteiger partial charge >= 0.3 is 5.97 Å². The summed E-state index contributed by atoms with van der Waals surface area (Å²) in [6.07, 6.45) is -0.150. The molecule has 0 bridgehead atoms. The number of carbonyl (C=O) groups excluding carboxylic acids is 1. The molecule has 1 aromatic heterocycles. The van der Waals surface area contributed by atoms with Crippen LogP contribution in [0.4, 0.5) is 5.13 Å². The van der Waals surface area contributed by atoms with E-state index >= 15 is 0 Å². The zero-order chi connectivity index (χ0) is 14.8. The van der Waals surface area contributed by atoms with Crippen LogP contribution >= 0.6 is 11.3 Å². The third-order valence-corrected chi connectivity index (χ3v) is 3.89. The standard InChI is InChI=1S/C14H12N2O4S/c17-12(18)4-11-7-21-14(15-11)16-13(19)8-1-2-9-5-20-6-10(9)3-8/h1-3,7H,4-6H2,(H,17,18)(H,15,16,19). The smallest absolute Gasteiger partial charge is 0.309 e. The number of rotatable bonds is 4. The zero-order valence-electron chi connectivity index (χ0n) is 11.0. The molecule has 108 valence electrons. The molecule has 1 aliphatic heterocycles. The fraction of sp³-hybridized carbons (Fsp3) is 0.214. The summed E-state index contributed by atoms with van der Waals surface area (Å²) in [6.45, 7) is 1.11. The molecule has 0 saturated carbocycles. The van der Waals surface area contributed by atoms with E-state index in [1.54, 1.807) is 11.4 Å². The third-order valence-electron chi connectivity index (χ3n) is 3.09. The topological polar surface area (TPSA) is 88.5 Å². The van der Waals surface area contributed by atoms with Gasteiger partial charge in [-0.25, -0.2) is 4.98 Å². The van der Waals surface area contributed by atoms with Gasteiger partial charge in [0.1, 0.15) is 0 Å². The van der Waals surface area contributed by atoms with E-state index in [1.165, 1.54) is 11.3 Å². The lowest BCUT2D eigenvalue weighted by Gasteiger charge is -2.03. The van der Waals surface area contributed by atoms with Gasteiger partial charge in [-0.05, 0) is 23.3 Å². The maximum Gasteiger partial charge on any atom is 0.309 e. The molecule has 2 heterocycles. The van der Waals surface area contributed by atoms with Crippen LogP contribution in [0, 0.1) is 0 Å². The van der Waals surface area contributed by atoms with Crippen molar-refractivity contribution in [3.05, 3.63) is 46.0 Å². The monoisotopic (exact) mass is 304 g/mol. The van der Waals surface area contributed by atoms with Crippen molar-refractivity contribution in [1.82, 2.24) is 4.98 Å². The number of aromatic nitrogens is 1. The van der Waals surface area contributed by atoms with Gasteiger partial charge in [-0.2, -0.15) is 0 Å². The molecule has 1 aromatic carbocycles. The first-order chi connectivity index (χ1) is 10.1. The van der Waals surface area contributed by atoms with Crippen molar-refractivity contribution in [2.24, 2.45) is 0 Å². The Morgan fingerprint density at radius 3 is 2.95 bits per heavy atom. The van der Waals surface area contributed by atoms with Crippen molar-refractivity contribution in [2.45, 2.75) is 19.6 Å². The van der Waals surface area contributed by atoms with Gasteiger partial charge in [0.05, 0.1) is 25.3 Å². The molecule has 7 heteroatoms. The largest absolute Gasteiger partial charge is 0.481 e. The number of benzene rings is 1. The Kier molecular flexibility index (Phi) is 3.68. The molecule has 1 amide bonds. The minimum atomic E-state index is -0.947. The number of thiazole rings is 1. The first kappa shape index (κ1) is 13.7. The van der Waals surface area contributed by atoms with E-state index in [1.807, 2.05) is 12.1 Å². The lowest BCUT2D eigenvalue weighted by Crippen LogP contribution is -2.12. The summed E-state index contributed by atoms with van der Waals surface area (Å²) in [7, 11) is 0. The van der Waals surface area contributed by atoms with Crippen molar-refractivity contribution in [1.29, 1.82) is 0 Å². The average Bonchev–Trinajstić information content (AvgIpc) is 3.06. The lowest BCUT2D eigenvalue weighted by molar-refractivity contribution is -0.136. The van der Waals surface area contributed by atoms with Crippen molar-refractivity contribution in [3.63, 3.8) is 0 Å². The first-order valence-electron chi connectivity index (χ1n) is 6.29. The third kappa shape index (κ3) is 3.09. The minimum absolute atomic E-state index is 0.150. The maximum atomic E-state index is 12.1. The molecule has 1 aliphatic rings. The summed E-state index contributed by atoms with van der Waals surface area (Å²) in [5.74, 6) is -1.21. The van der Waals surface area contributed by atoms with Crippen LogP contribution in [0.25, 0.3) is 0 Å². The molecule has 21 heavy (non-hydrogen) atoms. The molecule has 0 fully saturated rings. The number of nitrogens with zero attached hydrogens (tertiary/aromatic N) is 1. The molecule has 0 atom stereocenters. The second kappa shape index (κ2) is 5.63. The van der Waals surface area contributed by atoms with Crippen LogP contribution in [0.3, 0.4) is 0 Å². The average molecular weight is 304 g/mol. The van der Waals surface area contributed by atoms with Crippen LogP contribution < -0.4 is 5.32 Å². The number of hydrogen-bond acceptors (Lipinski definition) is 5. The Balaban J connectivity index is 1.71. The molecular formula is C14H12N2O4S. The summed E-state index contributed by atoms with van der Waals surface area (Å²) in [6, 6.07) is 5.44. The fourth-order valence-corrected chi connectivity index (χ4v) is 2.79. The lowest BCUT2D eigenvalue weighted by atomic mass is 10.1. The van der Waals surface area contributed by atoms with E-state index < -0.39 is 5.97 Å². The van der Waals surface area contributed by atoms with E-state index in [0.717, 1.165) is 11.1 Å². The Morgan fingerprint density at radius 1 is 1.33 bits per heavy atom. The van der Waals surface area contributed by atoms with E-state index in [4.69, 9.17) is 9.84 Å². The van der Waals surface area contributed by atoms with Gasteiger partial charge in [0.25, 0.3) is 5.91 Å². The van der Waals surface area contributed by atoms with E-state index in [2.05, 4.69) is 10.3 Å². The summed E-state index contributed by atoms with van der Waals surface area (Å²) in [5.41, 5.74) is 3.09. The number of carboxylic acids is 1. The SMILES string of the molecule is O=C(O)Cc1csc(NC(=O)c2ccc3c(c2)COC3)n1. The second-order valence-corrected chi connectivity index (χ2v) is 5.50. The number of aliphatic carboxylic acids is 1. The molecule has 2 N–H and O–H groups in total. The minimum Gasteiger partial charge on any atom is -0.481 e. The molecule has 0 aliphatic carbocycles. The van der Waals surface area contributed by atoms with Gasteiger partial charge in [-0.3, -0.25) is 14.9 Å². The van der Waals surface area contributed by atoms with Crippen LogP contribution in [0.15, 0.2) is 23.6 Å². The normalized spacial score (nSPS) is 13.0. The number of hydrogen-bond donors (Lipinski definition) is 2. The highest BCUT2D eigenvalue weighted by atomic mass is 32.1. The predicted octanol–water partition coefficient (Wildman–Crippen LogP) is 2.05. The van der Waals surface area contributed by atoms with Gasteiger partial charge in [-0.15, -0.1) is 11.3 Å². The highest BCUT2D eigenvalue weighted by Gasteiger charge is 2.15. The van der Waals surface area contributed by atoms with Crippen molar-refractivity contribution in [2.75, 3.05) is 5.32 Å². The van der Waals surface area contributed by atoms with Crippen LogP contribution in [0.2, 0.25) is 0 Å². The van der Waals surface area contributed by atoms with Crippen LogP contribution in [0.5, 0.6) is 0 Å². The highest BCUT2D eigenvalue weighted by molar-refractivity contribution is 7.14. The number of fused-ring (bicyclic) bond motifs is 1. The van der Waals surface area contributed by atoms with E-state index in [0.29, 0.717) is 29.6 Å². The first-order valence-corrected chi connectivity index (χ1v) is 7.17.